The Labute approximate surface area is 168 Å². The third kappa shape index (κ3) is 3.89. The van der Waals surface area contributed by atoms with Crippen molar-refractivity contribution in [1.82, 2.24) is 4.90 Å². The van der Waals surface area contributed by atoms with Crippen LogP contribution in [0.25, 0.3) is 0 Å². The number of thioether (sulfide) groups is 1. The summed E-state index contributed by atoms with van der Waals surface area (Å²) < 4.78 is 0. The number of rotatable bonds is 4. The molecule has 28 heavy (non-hydrogen) atoms. The number of anilines is 2. The van der Waals surface area contributed by atoms with E-state index in [-0.39, 0.29) is 18.2 Å². The lowest BCUT2D eigenvalue weighted by atomic mass is 10.2. The van der Waals surface area contributed by atoms with Crippen molar-refractivity contribution in [3.05, 3.63) is 59.7 Å². The fourth-order valence-corrected chi connectivity index (χ4v) is 4.31. The number of amides is 2. The second kappa shape index (κ2) is 7.67. The molecule has 0 spiro atoms. The van der Waals surface area contributed by atoms with Crippen LogP contribution in [-0.2, 0) is 9.59 Å². The van der Waals surface area contributed by atoms with Crippen molar-refractivity contribution >= 4 is 40.1 Å². The lowest BCUT2D eigenvalue weighted by Gasteiger charge is -2.32. The summed E-state index contributed by atoms with van der Waals surface area (Å²) in [7, 11) is 0. The minimum absolute atomic E-state index is 0.0559. The summed E-state index contributed by atoms with van der Waals surface area (Å²) in [6.45, 7) is 5.01. The number of amidine groups is 1. The highest BCUT2D eigenvalue weighted by atomic mass is 32.2. The predicted molar refractivity (Wildman–Crippen MR) is 113 cm³/mol. The van der Waals surface area contributed by atoms with Crippen LogP contribution in [0.5, 0.6) is 0 Å². The van der Waals surface area contributed by atoms with E-state index >= 15 is 0 Å². The SMILES string of the molecule is Cc1ccc(NC(=O)C[C@@H]2SC3=NCN(c4ccc(C)cc4)CN3C2=O)cc1. The van der Waals surface area contributed by atoms with Gasteiger partial charge in [0.15, 0.2) is 5.17 Å². The van der Waals surface area contributed by atoms with Crippen molar-refractivity contribution in [2.24, 2.45) is 4.99 Å². The molecule has 6 nitrogen and oxygen atoms in total. The molecule has 1 fully saturated rings. The van der Waals surface area contributed by atoms with E-state index in [9.17, 15) is 9.59 Å². The highest BCUT2D eigenvalue weighted by molar-refractivity contribution is 8.15. The number of aryl methyl sites for hydroxylation is 2. The van der Waals surface area contributed by atoms with Gasteiger partial charge in [0.05, 0.1) is 0 Å². The van der Waals surface area contributed by atoms with E-state index in [0.717, 1.165) is 16.9 Å². The Kier molecular flexibility index (Phi) is 5.09. The average molecular weight is 395 g/mol. The fourth-order valence-electron chi connectivity index (χ4n) is 3.19. The van der Waals surface area contributed by atoms with E-state index in [4.69, 9.17) is 0 Å². The highest BCUT2D eigenvalue weighted by Crippen LogP contribution is 2.33. The Hall–Kier alpha value is -2.80. The summed E-state index contributed by atoms with van der Waals surface area (Å²) in [5, 5.41) is 3.15. The molecule has 0 saturated carbocycles. The first-order chi connectivity index (χ1) is 13.5. The number of carbonyl (C=O) groups is 2. The maximum absolute atomic E-state index is 12.8. The van der Waals surface area contributed by atoms with Crippen LogP contribution < -0.4 is 10.2 Å². The zero-order valence-electron chi connectivity index (χ0n) is 15.9. The highest BCUT2D eigenvalue weighted by Gasteiger charge is 2.41. The topological polar surface area (TPSA) is 65.0 Å². The number of benzene rings is 2. The summed E-state index contributed by atoms with van der Waals surface area (Å²) in [4.78, 5) is 33.5. The number of hydrogen-bond donors (Lipinski definition) is 1. The van der Waals surface area contributed by atoms with Crippen LogP contribution in [0.1, 0.15) is 17.5 Å². The van der Waals surface area contributed by atoms with Gasteiger partial charge in [-0.25, -0.2) is 4.99 Å². The van der Waals surface area contributed by atoms with Crippen molar-refractivity contribution in [3.8, 4) is 0 Å². The van der Waals surface area contributed by atoms with Gasteiger partial charge in [-0.3, -0.25) is 14.5 Å². The molecule has 144 valence electrons. The maximum atomic E-state index is 12.8. The molecule has 2 amide bonds. The van der Waals surface area contributed by atoms with Gasteiger partial charge in [-0.1, -0.05) is 47.2 Å². The van der Waals surface area contributed by atoms with Gasteiger partial charge in [-0.2, -0.15) is 0 Å². The molecule has 1 saturated heterocycles. The van der Waals surface area contributed by atoms with Crippen molar-refractivity contribution in [1.29, 1.82) is 0 Å². The third-order valence-corrected chi connectivity index (χ3v) is 6.03. The van der Waals surface area contributed by atoms with Gasteiger partial charge in [0.2, 0.25) is 11.8 Å². The molecular weight excluding hydrogens is 372 g/mol. The first kappa shape index (κ1) is 18.6. The first-order valence-corrected chi connectivity index (χ1v) is 10.1. The summed E-state index contributed by atoms with van der Waals surface area (Å²) >= 11 is 1.38. The van der Waals surface area contributed by atoms with Gasteiger partial charge in [-0.15, -0.1) is 0 Å². The Morgan fingerprint density at radius 2 is 1.75 bits per heavy atom. The molecule has 2 aromatic carbocycles. The third-order valence-electron chi connectivity index (χ3n) is 4.81. The monoisotopic (exact) mass is 394 g/mol. The smallest absolute Gasteiger partial charge is 0.244 e. The van der Waals surface area contributed by atoms with Gasteiger partial charge < -0.3 is 10.2 Å². The van der Waals surface area contributed by atoms with Crippen molar-refractivity contribution < 1.29 is 9.59 Å². The molecule has 0 unspecified atom stereocenters. The normalized spacial score (nSPS) is 18.7. The molecule has 2 aliphatic rings. The molecule has 7 heteroatoms. The molecule has 2 heterocycles. The molecular formula is C21H22N4O2S. The molecule has 0 radical (unpaired) electrons. The van der Waals surface area contributed by atoms with E-state index < -0.39 is 5.25 Å². The number of nitrogens with one attached hydrogen (secondary N) is 1. The molecule has 4 rings (SSSR count). The summed E-state index contributed by atoms with van der Waals surface area (Å²) in [5.74, 6) is -0.217. The van der Waals surface area contributed by atoms with Crippen molar-refractivity contribution in [2.75, 3.05) is 23.6 Å². The molecule has 1 atom stereocenters. The predicted octanol–water partition coefficient (Wildman–Crippen LogP) is 3.37. The second-order valence-corrected chi connectivity index (χ2v) is 8.26. The lowest BCUT2D eigenvalue weighted by Crippen LogP contribution is -2.46. The van der Waals surface area contributed by atoms with Crippen LogP contribution in [-0.4, -0.2) is 40.5 Å². The fraction of sp³-hybridized carbons (Fsp3) is 0.286. The number of carbonyl (C=O) groups excluding carboxylic acids is 2. The van der Waals surface area contributed by atoms with Gasteiger partial charge in [-0.05, 0) is 38.1 Å². The Morgan fingerprint density at radius 1 is 1.11 bits per heavy atom. The van der Waals surface area contributed by atoms with E-state index in [1.165, 1.54) is 17.3 Å². The van der Waals surface area contributed by atoms with Crippen molar-refractivity contribution in [2.45, 2.75) is 25.5 Å². The maximum Gasteiger partial charge on any atom is 0.244 e. The van der Waals surface area contributed by atoms with Gasteiger partial charge in [0, 0.05) is 17.8 Å². The first-order valence-electron chi connectivity index (χ1n) is 9.20. The Morgan fingerprint density at radius 3 is 2.43 bits per heavy atom. The minimum atomic E-state index is -0.429. The van der Waals surface area contributed by atoms with E-state index in [1.807, 2.05) is 62.4 Å². The largest absolute Gasteiger partial charge is 0.334 e. The van der Waals surface area contributed by atoms with Crippen LogP contribution in [0.15, 0.2) is 53.5 Å². The number of aliphatic imine (C=N–C) groups is 1. The van der Waals surface area contributed by atoms with Crippen LogP contribution in [0.4, 0.5) is 11.4 Å². The number of fused-ring (bicyclic) bond motifs is 1. The molecule has 0 aliphatic carbocycles. The molecule has 0 bridgehead atoms. The molecule has 2 aromatic rings. The standard InChI is InChI=1S/C21H22N4O2S/c1-14-3-7-16(8-4-14)23-19(26)11-18-20(27)25-13-24(12-22-21(25)28-18)17-9-5-15(2)6-10-17/h3-10,18H,11-13H2,1-2H3,(H,23,26)/t18-/m0/s1. The number of hydrogen-bond acceptors (Lipinski definition) is 5. The summed E-state index contributed by atoms with van der Waals surface area (Å²) in [6, 6.07) is 15.8. The van der Waals surface area contributed by atoms with E-state index in [1.54, 1.807) is 4.90 Å². The second-order valence-electron chi connectivity index (χ2n) is 7.09. The lowest BCUT2D eigenvalue weighted by molar-refractivity contribution is -0.128. The van der Waals surface area contributed by atoms with Gasteiger partial charge in [0.1, 0.15) is 18.6 Å². The average Bonchev–Trinajstić information content (AvgIpc) is 2.99. The van der Waals surface area contributed by atoms with Gasteiger partial charge >= 0.3 is 0 Å². The zero-order chi connectivity index (χ0) is 19.7. The van der Waals surface area contributed by atoms with Crippen molar-refractivity contribution in [3.63, 3.8) is 0 Å². The van der Waals surface area contributed by atoms with Crippen LogP contribution in [0.2, 0.25) is 0 Å². The molecule has 2 aliphatic heterocycles. The van der Waals surface area contributed by atoms with Crippen LogP contribution in [0.3, 0.4) is 0 Å². The zero-order valence-corrected chi connectivity index (χ0v) is 16.7. The van der Waals surface area contributed by atoms with Crippen LogP contribution >= 0.6 is 11.8 Å². The Bertz CT molecular complexity index is 924. The van der Waals surface area contributed by atoms with E-state index in [0.29, 0.717) is 18.5 Å². The summed E-state index contributed by atoms with van der Waals surface area (Å²) in [5.41, 5.74) is 4.10. The molecule has 0 aromatic heterocycles. The van der Waals surface area contributed by atoms with E-state index in [2.05, 4.69) is 15.2 Å². The minimum Gasteiger partial charge on any atom is -0.334 e. The number of nitrogens with zero attached hydrogens (tertiary/aromatic N) is 3. The van der Waals surface area contributed by atoms with Crippen LogP contribution in [0, 0.1) is 13.8 Å². The Balaban J connectivity index is 1.39. The molecule has 1 N–H and O–H groups in total. The van der Waals surface area contributed by atoms with Gasteiger partial charge in [0.25, 0.3) is 0 Å². The quantitative estimate of drug-likeness (QED) is 0.864. The summed E-state index contributed by atoms with van der Waals surface area (Å²) in [6.07, 6.45) is 0.136.